The number of rotatable bonds is 6. The van der Waals surface area contributed by atoms with Crippen molar-refractivity contribution in [1.82, 2.24) is 10.2 Å². The van der Waals surface area contributed by atoms with E-state index in [0.717, 1.165) is 4.90 Å². The van der Waals surface area contributed by atoms with E-state index in [2.05, 4.69) is 5.32 Å². The van der Waals surface area contributed by atoms with Crippen LogP contribution in [0.2, 0.25) is 0 Å². The van der Waals surface area contributed by atoms with Crippen molar-refractivity contribution in [3.63, 3.8) is 0 Å². The molecule has 1 N–H and O–H groups in total. The van der Waals surface area contributed by atoms with Crippen LogP contribution in [-0.2, 0) is 19.1 Å². The molecular weight excluding hydrogens is 272 g/mol. The number of likely N-dealkylation sites (tertiary alicyclic amines) is 1. The first kappa shape index (κ1) is 19.6. The van der Waals surface area contributed by atoms with Crippen LogP contribution in [0, 0.1) is 0 Å². The zero-order valence-corrected chi connectivity index (χ0v) is 14.0. The highest BCUT2D eigenvalue weighted by molar-refractivity contribution is 6.04. The minimum atomic E-state index is -0.535. The SMILES string of the molecule is CC.CC(C)OCC(C)(C)NC(=O)CN1C(=O)CCC1=O. The first-order valence-corrected chi connectivity index (χ1v) is 7.47. The van der Waals surface area contributed by atoms with Crippen LogP contribution >= 0.6 is 0 Å². The summed E-state index contributed by atoms with van der Waals surface area (Å²) < 4.78 is 5.46. The molecule has 0 unspecified atom stereocenters. The van der Waals surface area contributed by atoms with E-state index in [4.69, 9.17) is 4.74 Å². The van der Waals surface area contributed by atoms with Gasteiger partial charge in [0, 0.05) is 12.8 Å². The normalized spacial score (nSPS) is 15.1. The first-order chi connectivity index (χ1) is 9.71. The van der Waals surface area contributed by atoms with Gasteiger partial charge in [-0.2, -0.15) is 0 Å². The van der Waals surface area contributed by atoms with Crippen LogP contribution in [-0.4, -0.2) is 47.4 Å². The van der Waals surface area contributed by atoms with E-state index >= 15 is 0 Å². The molecule has 1 saturated heterocycles. The zero-order chi connectivity index (χ0) is 16.6. The summed E-state index contributed by atoms with van der Waals surface area (Å²) in [6.07, 6.45) is 0.482. The summed E-state index contributed by atoms with van der Waals surface area (Å²) >= 11 is 0. The predicted octanol–water partition coefficient (Wildman–Crippen LogP) is 1.48. The second-order valence-electron chi connectivity index (χ2n) is 5.67. The van der Waals surface area contributed by atoms with Gasteiger partial charge >= 0.3 is 0 Å². The summed E-state index contributed by atoms with van der Waals surface area (Å²) in [5.41, 5.74) is -0.535. The molecule has 0 saturated carbocycles. The van der Waals surface area contributed by atoms with Gasteiger partial charge < -0.3 is 10.1 Å². The molecule has 1 fully saturated rings. The number of hydrogen-bond acceptors (Lipinski definition) is 4. The standard InChI is InChI=1S/C13H22N2O4.C2H6/c1-9(2)19-8-13(3,4)14-10(16)7-15-11(17)5-6-12(15)18;1-2/h9H,5-8H2,1-4H3,(H,14,16);1-2H3. The van der Waals surface area contributed by atoms with E-state index < -0.39 is 5.54 Å². The predicted molar refractivity (Wildman–Crippen MR) is 80.6 cm³/mol. The van der Waals surface area contributed by atoms with Crippen LogP contribution < -0.4 is 5.32 Å². The molecule has 0 atom stereocenters. The molecule has 0 aromatic heterocycles. The zero-order valence-electron chi connectivity index (χ0n) is 14.0. The molecule has 122 valence electrons. The second kappa shape index (κ2) is 8.77. The third-order valence-electron chi connectivity index (χ3n) is 2.71. The largest absolute Gasteiger partial charge is 0.376 e. The maximum absolute atomic E-state index is 11.8. The third-order valence-corrected chi connectivity index (χ3v) is 2.71. The van der Waals surface area contributed by atoms with Crippen LogP contribution in [0.5, 0.6) is 0 Å². The summed E-state index contributed by atoms with van der Waals surface area (Å²) in [5, 5.41) is 2.77. The highest BCUT2D eigenvalue weighted by Crippen LogP contribution is 2.11. The van der Waals surface area contributed by atoms with Crippen molar-refractivity contribution in [3.05, 3.63) is 0 Å². The maximum atomic E-state index is 11.8. The molecule has 0 radical (unpaired) electrons. The Hall–Kier alpha value is -1.43. The van der Waals surface area contributed by atoms with Gasteiger partial charge in [0.2, 0.25) is 17.7 Å². The molecule has 0 aromatic carbocycles. The number of carbonyl (C=O) groups is 3. The maximum Gasteiger partial charge on any atom is 0.240 e. The number of imide groups is 1. The molecular formula is C15H28N2O4. The van der Waals surface area contributed by atoms with Gasteiger partial charge in [0.05, 0.1) is 18.2 Å². The number of carbonyl (C=O) groups excluding carboxylic acids is 3. The molecule has 1 aliphatic heterocycles. The van der Waals surface area contributed by atoms with E-state index in [9.17, 15) is 14.4 Å². The molecule has 1 aliphatic rings. The van der Waals surface area contributed by atoms with E-state index in [1.165, 1.54) is 0 Å². The Bertz CT molecular complexity index is 362. The van der Waals surface area contributed by atoms with E-state index in [-0.39, 0.29) is 43.2 Å². The molecule has 3 amide bonds. The van der Waals surface area contributed by atoms with Gasteiger partial charge in [0.15, 0.2) is 0 Å². The molecule has 0 aliphatic carbocycles. The van der Waals surface area contributed by atoms with Crippen molar-refractivity contribution < 1.29 is 19.1 Å². The summed E-state index contributed by atoms with van der Waals surface area (Å²) in [4.78, 5) is 35.6. The molecule has 6 heteroatoms. The van der Waals surface area contributed by atoms with Gasteiger partial charge in [0.1, 0.15) is 6.54 Å². The number of nitrogens with zero attached hydrogens (tertiary/aromatic N) is 1. The molecule has 0 spiro atoms. The Balaban J connectivity index is 0.00000191. The lowest BCUT2D eigenvalue weighted by Gasteiger charge is -2.28. The molecule has 6 nitrogen and oxygen atoms in total. The van der Waals surface area contributed by atoms with Crippen LogP contribution in [0.3, 0.4) is 0 Å². The number of ether oxygens (including phenoxy) is 1. The van der Waals surface area contributed by atoms with E-state index in [1.807, 2.05) is 41.5 Å². The second-order valence-corrected chi connectivity index (χ2v) is 5.67. The van der Waals surface area contributed by atoms with Crippen LogP contribution in [0.4, 0.5) is 0 Å². The quantitative estimate of drug-likeness (QED) is 0.754. The smallest absolute Gasteiger partial charge is 0.240 e. The van der Waals surface area contributed by atoms with Gasteiger partial charge in [-0.1, -0.05) is 13.8 Å². The Kier molecular flexibility index (Phi) is 8.17. The summed E-state index contributed by atoms with van der Waals surface area (Å²) in [7, 11) is 0. The van der Waals surface area contributed by atoms with Gasteiger partial charge in [-0.05, 0) is 27.7 Å². The fourth-order valence-corrected chi connectivity index (χ4v) is 1.77. The van der Waals surface area contributed by atoms with E-state index in [0.29, 0.717) is 6.61 Å². The average molecular weight is 300 g/mol. The summed E-state index contributed by atoms with van der Waals surface area (Å²) in [5.74, 6) is -0.909. The third kappa shape index (κ3) is 7.22. The van der Waals surface area contributed by atoms with Gasteiger partial charge in [-0.25, -0.2) is 0 Å². The van der Waals surface area contributed by atoms with Gasteiger partial charge in [-0.3, -0.25) is 19.3 Å². The topological polar surface area (TPSA) is 75.7 Å². The van der Waals surface area contributed by atoms with Crippen molar-refractivity contribution in [2.75, 3.05) is 13.2 Å². The average Bonchev–Trinajstić information content (AvgIpc) is 2.70. The van der Waals surface area contributed by atoms with Gasteiger partial charge in [-0.15, -0.1) is 0 Å². The van der Waals surface area contributed by atoms with E-state index in [1.54, 1.807) is 0 Å². The fourth-order valence-electron chi connectivity index (χ4n) is 1.77. The minimum Gasteiger partial charge on any atom is -0.376 e. The summed E-state index contributed by atoms with van der Waals surface area (Å²) in [6.45, 7) is 11.7. The van der Waals surface area contributed by atoms with Crippen molar-refractivity contribution in [1.29, 1.82) is 0 Å². The highest BCUT2D eigenvalue weighted by atomic mass is 16.5. The Morgan fingerprint density at radius 3 is 2.14 bits per heavy atom. The van der Waals surface area contributed by atoms with Crippen molar-refractivity contribution in [3.8, 4) is 0 Å². The Morgan fingerprint density at radius 2 is 1.71 bits per heavy atom. The monoisotopic (exact) mass is 300 g/mol. The van der Waals surface area contributed by atoms with Crippen LogP contribution in [0.15, 0.2) is 0 Å². The number of nitrogens with one attached hydrogen (secondary N) is 1. The van der Waals surface area contributed by atoms with Crippen molar-refractivity contribution in [2.45, 2.75) is 66.0 Å². The summed E-state index contributed by atoms with van der Waals surface area (Å²) in [6, 6.07) is 0. The van der Waals surface area contributed by atoms with Gasteiger partial charge in [0.25, 0.3) is 0 Å². The molecule has 21 heavy (non-hydrogen) atoms. The lowest BCUT2D eigenvalue weighted by atomic mass is 10.1. The van der Waals surface area contributed by atoms with Crippen LogP contribution in [0.25, 0.3) is 0 Å². The lowest BCUT2D eigenvalue weighted by Crippen LogP contribution is -2.51. The Morgan fingerprint density at radius 1 is 1.24 bits per heavy atom. The Labute approximate surface area is 127 Å². The fraction of sp³-hybridized carbons (Fsp3) is 0.800. The van der Waals surface area contributed by atoms with Crippen molar-refractivity contribution in [2.24, 2.45) is 0 Å². The first-order valence-electron chi connectivity index (χ1n) is 7.47. The highest BCUT2D eigenvalue weighted by Gasteiger charge is 2.31. The van der Waals surface area contributed by atoms with Crippen molar-refractivity contribution >= 4 is 17.7 Å². The molecule has 1 heterocycles. The minimum absolute atomic E-state index is 0.0814. The molecule has 0 bridgehead atoms. The lowest BCUT2D eigenvalue weighted by molar-refractivity contribution is -0.142. The van der Waals surface area contributed by atoms with Crippen LogP contribution in [0.1, 0.15) is 54.4 Å². The number of hydrogen-bond donors (Lipinski definition) is 1. The number of amides is 3. The molecule has 1 rings (SSSR count). The molecule has 0 aromatic rings.